The van der Waals surface area contributed by atoms with E-state index in [4.69, 9.17) is 4.74 Å². The van der Waals surface area contributed by atoms with Crippen molar-refractivity contribution in [3.63, 3.8) is 0 Å². The maximum atomic E-state index is 11.5. The Morgan fingerprint density at radius 3 is 2.83 bits per heavy atom. The second kappa shape index (κ2) is 6.93. The highest BCUT2D eigenvalue weighted by atomic mass is 16.6. The van der Waals surface area contributed by atoms with E-state index in [-0.39, 0.29) is 13.0 Å². The van der Waals surface area contributed by atoms with Crippen LogP contribution in [0, 0.1) is 0 Å². The molecule has 0 aliphatic rings. The van der Waals surface area contributed by atoms with Crippen LogP contribution < -0.4 is 5.32 Å². The van der Waals surface area contributed by atoms with E-state index in [2.05, 4.69) is 20.5 Å². The Hall–Kier alpha value is -2.19. The number of ether oxygens (including phenoxy) is 1. The van der Waals surface area contributed by atoms with Gasteiger partial charge in [0.1, 0.15) is 17.2 Å². The minimum Gasteiger partial charge on any atom is -0.444 e. The molecule has 2 atom stereocenters. The van der Waals surface area contributed by atoms with Gasteiger partial charge in [-0.2, -0.15) is 5.10 Å². The van der Waals surface area contributed by atoms with Gasteiger partial charge in [0.15, 0.2) is 0 Å². The van der Waals surface area contributed by atoms with E-state index in [0.29, 0.717) is 16.6 Å². The molecule has 23 heavy (non-hydrogen) atoms. The lowest BCUT2D eigenvalue weighted by molar-refractivity contribution is 0.0122. The number of fused-ring (bicyclic) bond motifs is 1. The quantitative estimate of drug-likeness (QED) is 0.658. The second-order valence-corrected chi connectivity index (χ2v) is 6.30. The standard InChI is InChI=1S/C15H22N4O4/c1-15(2,3)23-14(22)16-5-4-12(20)13(21)9-6-10-11(17-7-9)8-18-19-10/h6-8,12-13,20-21H,4-5H2,1-3H3,(H,16,22)(H,18,19). The minimum atomic E-state index is -1.10. The van der Waals surface area contributed by atoms with E-state index in [1.807, 2.05) is 0 Å². The number of rotatable bonds is 5. The van der Waals surface area contributed by atoms with Crippen molar-refractivity contribution in [2.75, 3.05) is 6.54 Å². The van der Waals surface area contributed by atoms with Crippen LogP contribution in [0.15, 0.2) is 18.5 Å². The molecule has 0 bridgehead atoms. The van der Waals surface area contributed by atoms with Crippen molar-refractivity contribution in [2.45, 2.75) is 45.0 Å². The van der Waals surface area contributed by atoms with Gasteiger partial charge in [-0.25, -0.2) is 4.79 Å². The lowest BCUT2D eigenvalue weighted by Crippen LogP contribution is -2.34. The number of alkyl carbamates (subject to hydrolysis) is 1. The molecule has 1 amide bonds. The number of aliphatic hydroxyl groups excluding tert-OH is 2. The first-order valence-electron chi connectivity index (χ1n) is 7.38. The average Bonchev–Trinajstić information content (AvgIpc) is 2.91. The number of hydrogen-bond donors (Lipinski definition) is 4. The molecular formula is C15H22N4O4. The SMILES string of the molecule is CC(C)(C)OC(=O)NCCC(O)C(O)c1cnc2cn[nH]c2c1. The third-order valence-corrected chi connectivity index (χ3v) is 3.13. The molecule has 0 aliphatic heterocycles. The van der Waals surface area contributed by atoms with Gasteiger partial charge in [-0.3, -0.25) is 10.1 Å². The summed E-state index contributed by atoms with van der Waals surface area (Å²) in [5.74, 6) is 0. The maximum absolute atomic E-state index is 11.5. The predicted octanol–water partition coefficient (Wildman–Crippen LogP) is 1.27. The van der Waals surface area contributed by atoms with E-state index in [1.165, 1.54) is 6.20 Å². The van der Waals surface area contributed by atoms with Gasteiger partial charge in [-0.05, 0) is 33.3 Å². The molecule has 2 unspecified atom stereocenters. The summed E-state index contributed by atoms with van der Waals surface area (Å²) >= 11 is 0. The summed E-state index contributed by atoms with van der Waals surface area (Å²) in [5.41, 5.74) is 1.27. The Bertz CT molecular complexity index is 665. The first-order valence-corrected chi connectivity index (χ1v) is 7.38. The average molecular weight is 322 g/mol. The molecule has 0 saturated carbocycles. The van der Waals surface area contributed by atoms with Crippen molar-refractivity contribution in [2.24, 2.45) is 0 Å². The maximum Gasteiger partial charge on any atom is 0.407 e. The fourth-order valence-corrected chi connectivity index (χ4v) is 2.02. The van der Waals surface area contributed by atoms with Crippen LogP contribution in [-0.2, 0) is 4.74 Å². The summed E-state index contributed by atoms with van der Waals surface area (Å²) in [6.07, 6.45) is 0.559. The number of hydrogen-bond acceptors (Lipinski definition) is 6. The van der Waals surface area contributed by atoms with Crippen molar-refractivity contribution in [1.29, 1.82) is 0 Å². The molecule has 8 heteroatoms. The molecule has 2 aromatic heterocycles. The van der Waals surface area contributed by atoms with E-state index in [9.17, 15) is 15.0 Å². The molecule has 0 saturated heterocycles. The minimum absolute atomic E-state index is 0.182. The Kier molecular flexibility index (Phi) is 5.17. The van der Waals surface area contributed by atoms with Crippen molar-refractivity contribution >= 4 is 17.1 Å². The molecule has 126 valence electrons. The summed E-state index contributed by atoms with van der Waals surface area (Å²) < 4.78 is 5.09. The van der Waals surface area contributed by atoms with Gasteiger partial charge in [0.25, 0.3) is 0 Å². The summed E-state index contributed by atoms with van der Waals surface area (Å²) in [4.78, 5) is 15.6. The number of H-pyrrole nitrogens is 1. The first kappa shape index (κ1) is 17.2. The zero-order valence-corrected chi connectivity index (χ0v) is 13.4. The van der Waals surface area contributed by atoms with E-state index in [1.54, 1.807) is 33.0 Å². The molecule has 8 nitrogen and oxygen atoms in total. The van der Waals surface area contributed by atoms with Crippen LogP contribution in [0.1, 0.15) is 38.9 Å². The molecule has 0 radical (unpaired) electrons. The van der Waals surface area contributed by atoms with Gasteiger partial charge in [0.2, 0.25) is 0 Å². The van der Waals surface area contributed by atoms with E-state index in [0.717, 1.165) is 0 Å². The number of aromatic nitrogens is 3. The third kappa shape index (κ3) is 4.90. The second-order valence-electron chi connectivity index (χ2n) is 6.30. The van der Waals surface area contributed by atoms with Crippen LogP contribution in [0.25, 0.3) is 11.0 Å². The lowest BCUT2D eigenvalue weighted by atomic mass is 10.0. The fraction of sp³-hybridized carbons (Fsp3) is 0.533. The van der Waals surface area contributed by atoms with Crippen molar-refractivity contribution in [3.8, 4) is 0 Å². The molecule has 2 heterocycles. The van der Waals surface area contributed by atoms with Gasteiger partial charge in [0, 0.05) is 18.3 Å². The topological polar surface area (TPSA) is 120 Å². The Balaban J connectivity index is 1.85. The van der Waals surface area contributed by atoms with E-state index >= 15 is 0 Å². The number of aliphatic hydroxyl groups is 2. The summed E-state index contributed by atoms with van der Waals surface area (Å²) in [6.45, 7) is 5.49. The van der Waals surface area contributed by atoms with Gasteiger partial charge in [-0.1, -0.05) is 0 Å². The molecule has 0 aromatic carbocycles. The molecular weight excluding hydrogens is 300 g/mol. The summed E-state index contributed by atoms with van der Waals surface area (Å²) in [7, 11) is 0. The van der Waals surface area contributed by atoms with Gasteiger partial charge >= 0.3 is 6.09 Å². The summed E-state index contributed by atoms with van der Waals surface area (Å²) in [6, 6.07) is 1.69. The molecule has 2 aromatic rings. The molecule has 4 N–H and O–H groups in total. The number of carbonyl (C=O) groups excluding carboxylic acids is 1. The molecule has 2 rings (SSSR count). The largest absolute Gasteiger partial charge is 0.444 e. The first-order chi connectivity index (χ1) is 10.8. The zero-order valence-electron chi connectivity index (χ0n) is 13.4. The highest BCUT2D eigenvalue weighted by molar-refractivity contribution is 5.73. The van der Waals surface area contributed by atoms with Crippen LogP contribution in [0.2, 0.25) is 0 Å². The van der Waals surface area contributed by atoms with Crippen molar-refractivity contribution in [1.82, 2.24) is 20.5 Å². The van der Waals surface area contributed by atoms with Crippen LogP contribution in [0.5, 0.6) is 0 Å². The van der Waals surface area contributed by atoms with E-state index < -0.39 is 23.9 Å². The number of aromatic amines is 1. The predicted molar refractivity (Wildman–Crippen MR) is 83.7 cm³/mol. The normalized spacial score (nSPS) is 14.5. The van der Waals surface area contributed by atoms with Crippen LogP contribution in [0.4, 0.5) is 4.79 Å². The fourth-order valence-electron chi connectivity index (χ4n) is 2.02. The van der Waals surface area contributed by atoms with Crippen LogP contribution in [0.3, 0.4) is 0 Å². The highest BCUT2D eigenvalue weighted by Gasteiger charge is 2.20. The third-order valence-electron chi connectivity index (χ3n) is 3.13. The van der Waals surface area contributed by atoms with Crippen molar-refractivity contribution < 1.29 is 19.7 Å². The lowest BCUT2D eigenvalue weighted by Gasteiger charge is -2.21. The van der Waals surface area contributed by atoms with Gasteiger partial charge in [0.05, 0.1) is 17.8 Å². The van der Waals surface area contributed by atoms with Crippen LogP contribution >= 0.6 is 0 Å². The zero-order chi connectivity index (χ0) is 17.0. The van der Waals surface area contributed by atoms with Crippen molar-refractivity contribution in [3.05, 3.63) is 24.0 Å². The Labute approximate surface area is 133 Å². The number of nitrogens with one attached hydrogen (secondary N) is 2. The number of nitrogens with zero attached hydrogens (tertiary/aromatic N) is 2. The summed E-state index contributed by atoms with van der Waals surface area (Å²) in [5, 5.41) is 29.4. The Morgan fingerprint density at radius 1 is 1.39 bits per heavy atom. The highest BCUT2D eigenvalue weighted by Crippen LogP contribution is 2.20. The number of amides is 1. The van der Waals surface area contributed by atoms with Gasteiger partial charge < -0.3 is 20.3 Å². The number of pyridine rings is 1. The van der Waals surface area contributed by atoms with Crippen LogP contribution in [-0.4, -0.2) is 49.7 Å². The molecule has 0 fully saturated rings. The Morgan fingerprint density at radius 2 is 2.13 bits per heavy atom. The molecule has 0 aliphatic carbocycles. The smallest absolute Gasteiger partial charge is 0.407 e. The number of carbonyl (C=O) groups is 1. The monoisotopic (exact) mass is 322 g/mol. The molecule has 0 spiro atoms. The van der Waals surface area contributed by atoms with Gasteiger partial charge in [-0.15, -0.1) is 0 Å².